The van der Waals surface area contributed by atoms with Crippen molar-refractivity contribution in [3.05, 3.63) is 51.8 Å². The van der Waals surface area contributed by atoms with Crippen LogP contribution in [-0.4, -0.2) is 48.0 Å². The second kappa shape index (κ2) is 8.89. The maximum Gasteiger partial charge on any atom is 0.164 e. The molecule has 0 N–H and O–H groups in total. The van der Waals surface area contributed by atoms with Crippen molar-refractivity contribution in [2.75, 3.05) is 37.6 Å². The summed E-state index contributed by atoms with van der Waals surface area (Å²) in [5.41, 5.74) is 3.26. The fourth-order valence-electron chi connectivity index (χ4n) is 4.36. The zero-order valence-electron chi connectivity index (χ0n) is 16.2. The molecule has 1 aromatic heterocycles. The van der Waals surface area contributed by atoms with E-state index >= 15 is 0 Å². The molecule has 1 fully saturated rings. The first-order valence-electron chi connectivity index (χ1n) is 10.3. The van der Waals surface area contributed by atoms with Crippen molar-refractivity contribution in [3.8, 4) is 0 Å². The summed E-state index contributed by atoms with van der Waals surface area (Å²) in [6.45, 7) is 6.20. The predicted molar refractivity (Wildman–Crippen MR) is 116 cm³/mol. The fraction of sp³-hybridized carbons (Fsp3) is 0.500. The Kier molecular flexibility index (Phi) is 6.29. The topological polar surface area (TPSA) is 28.5 Å². The van der Waals surface area contributed by atoms with Crippen molar-refractivity contribution in [1.29, 1.82) is 0 Å². The van der Waals surface area contributed by atoms with E-state index in [1.165, 1.54) is 12.1 Å². The van der Waals surface area contributed by atoms with Gasteiger partial charge in [-0.15, -0.1) is 0 Å². The minimum absolute atomic E-state index is 0.317. The summed E-state index contributed by atoms with van der Waals surface area (Å²) in [6.07, 6.45) is 7.18. The van der Waals surface area contributed by atoms with Crippen molar-refractivity contribution in [1.82, 2.24) is 9.47 Å². The van der Waals surface area contributed by atoms with Crippen LogP contribution in [0, 0.1) is 0 Å². The van der Waals surface area contributed by atoms with Crippen LogP contribution in [-0.2, 0) is 13.0 Å². The number of carbonyl (C=O) groups excluding carboxylic acids is 1. The number of aryl methyl sites for hydroxylation is 1. The minimum atomic E-state index is 0.317. The molecule has 28 heavy (non-hydrogen) atoms. The van der Waals surface area contributed by atoms with Crippen LogP contribution >= 0.6 is 23.2 Å². The molecule has 0 bridgehead atoms. The molecule has 1 aliphatic carbocycles. The Morgan fingerprint density at radius 3 is 2.54 bits per heavy atom. The third-order valence-electron chi connectivity index (χ3n) is 5.96. The van der Waals surface area contributed by atoms with E-state index < -0.39 is 0 Å². The van der Waals surface area contributed by atoms with Crippen LogP contribution in [0.5, 0.6) is 0 Å². The Bertz CT molecular complexity index is 840. The van der Waals surface area contributed by atoms with Crippen LogP contribution in [0.3, 0.4) is 0 Å². The average molecular weight is 420 g/mol. The number of rotatable bonds is 6. The van der Waals surface area contributed by atoms with Crippen LogP contribution in [0.15, 0.2) is 30.5 Å². The van der Waals surface area contributed by atoms with E-state index in [1.54, 1.807) is 0 Å². The number of fused-ring (bicyclic) bond motifs is 1. The first kappa shape index (κ1) is 19.8. The third-order valence-corrected chi connectivity index (χ3v) is 6.77. The summed E-state index contributed by atoms with van der Waals surface area (Å²) in [6, 6.07) is 7.86. The van der Waals surface area contributed by atoms with Crippen LogP contribution in [0.2, 0.25) is 10.0 Å². The van der Waals surface area contributed by atoms with Crippen molar-refractivity contribution < 1.29 is 4.79 Å². The summed E-state index contributed by atoms with van der Waals surface area (Å²) in [5, 5.41) is 1.28. The van der Waals surface area contributed by atoms with E-state index in [4.69, 9.17) is 23.2 Å². The van der Waals surface area contributed by atoms with Gasteiger partial charge in [0.15, 0.2) is 5.78 Å². The standard InChI is InChI=1S/C22H27Cl2N3O/c23-18-5-3-7-20(22(18)24)27-15-13-25(14-16-27)10-1-2-11-26-12-9-17-19(26)6-4-8-21(17)28/h3,5,7,9,12H,1-2,4,6,8,10-11,13-16H2. The van der Waals surface area contributed by atoms with Crippen molar-refractivity contribution in [2.45, 2.75) is 38.6 Å². The molecule has 4 rings (SSSR count). The smallest absolute Gasteiger partial charge is 0.164 e. The molecule has 2 heterocycles. The summed E-state index contributed by atoms with van der Waals surface area (Å²) in [7, 11) is 0. The van der Waals surface area contributed by atoms with Gasteiger partial charge in [0.2, 0.25) is 0 Å². The quantitative estimate of drug-likeness (QED) is 0.622. The van der Waals surface area contributed by atoms with Gasteiger partial charge in [0, 0.05) is 56.6 Å². The Morgan fingerprint density at radius 2 is 1.71 bits per heavy atom. The summed E-state index contributed by atoms with van der Waals surface area (Å²) < 4.78 is 2.30. The first-order chi connectivity index (χ1) is 13.6. The normalized spacial score (nSPS) is 17.8. The molecule has 150 valence electrons. The number of aromatic nitrogens is 1. The lowest BCUT2D eigenvalue weighted by molar-refractivity contribution is 0.0971. The Labute approximate surface area is 177 Å². The third kappa shape index (κ3) is 4.24. The molecule has 1 aliphatic heterocycles. The number of piperazine rings is 1. The maximum atomic E-state index is 12.0. The van der Waals surface area contributed by atoms with Gasteiger partial charge in [-0.2, -0.15) is 0 Å². The highest BCUT2D eigenvalue weighted by Gasteiger charge is 2.21. The predicted octanol–water partition coefficient (Wildman–Crippen LogP) is 4.92. The number of hydrogen-bond donors (Lipinski definition) is 0. The van der Waals surface area contributed by atoms with E-state index in [-0.39, 0.29) is 0 Å². The number of carbonyl (C=O) groups is 1. The highest BCUT2D eigenvalue weighted by atomic mass is 35.5. The largest absolute Gasteiger partial charge is 0.368 e. The van der Waals surface area contributed by atoms with Crippen LogP contribution < -0.4 is 4.90 Å². The lowest BCUT2D eigenvalue weighted by atomic mass is 9.97. The maximum absolute atomic E-state index is 12.0. The Morgan fingerprint density at radius 1 is 0.929 bits per heavy atom. The molecule has 0 unspecified atom stereocenters. The zero-order valence-corrected chi connectivity index (χ0v) is 17.7. The van der Waals surface area contributed by atoms with Gasteiger partial charge in [-0.05, 0) is 50.4 Å². The Balaban J connectivity index is 1.21. The molecule has 2 aromatic rings. The Hall–Kier alpha value is -1.49. The molecule has 2 aliphatic rings. The second-order valence-corrected chi connectivity index (χ2v) is 8.54. The van der Waals surface area contributed by atoms with Crippen LogP contribution in [0.4, 0.5) is 5.69 Å². The van der Waals surface area contributed by atoms with Gasteiger partial charge in [-0.25, -0.2) is 0 Å². The number of ketones is 1. The second-order valence-electron chi connectivity index (χ2n) is 7.75. The van der Waals surface area contributed by atoms with E-state index in [0.717, 1.165) is 69.8 Å². The minimum Gasteiger partial charge on any atom is -0.368 e. The first-order valence-corrected chi connectivity index (χ1v) is 11.0. The molecule has 0 radical (unpaired) electrons. The zero-order chi connectivity index (χ0) is 19.5. The molecule has 4 nitrogen and oxygen atoms in total. The number of benzene rings is 1. The van der Waals surface area contributed by atoms with Gasteiger partial charge in [-0.3, -0.25) is 9.69 Å². The number of nitrogens with zero attached hydrogens (tertiary/aromatic N) is 3. The van der Waals surface area contributed by atoms with E-state index in [0.29, 0.717) is 22.2 Å². The van der Waals surface area contributed by atoms with Gasteiger partial charge in [0.1, 0.15) is 0 Å². The van der Waals surface area contributed by atoms with Gasteiger partial charge < -0.3 is 9.47 Å². The number of unbranched alkanes of at least 4 members (excludes halogenated alkanes) is 1. The summed E-state index contributed by atoms with van der Waals surface area (Å²) >= 11 is 12.5. The molecule has 0 spiro atoms. The van der Waals surface area contributed by atoms with Crippen molar-refractivity contribution in [2.24, 2.45) is 0 Å². The summed E-state index contributed by atoms with van der Waals surface area (Å²) in [5.74, 6) is 0.317. The van der Waals surface area contributed by atoms with E-state index in [9.17, 15) is 4.79 Å². The molecular formula is C22H27Cl2N3O. The number of hydrogen-bond acceptors (Lipinski definition) is 3. The fourth-order valence-corrected chi connectivity index (χ4v) is 4.78. The molecule has 0 amide bonds. The molecule has 0 saturated carbocycles. The van der Waals surface area contributed by atoms with Gasteiger partial charge in [0.25, 0.3) is 0 Å². The van der Waals surface area contributed by atoms with Crippen molar-refractivity contribution >= 4 is 34.7 Å². The SMILES string of the molecule is O=C1CCCc2c1ccn2CCCCN1CCN(c2cccc(Cl)c2Cl)CC1. The van der Waals surface area contributed by atoms with Gasteiger partial charge >= 0.3 is 0 Å². The highest BCUT2D eigenvalue weighted by Crippen LogP contribution is 2.32. The lowest BCUT2D eigenvalue weighted by Crippen LogP contribution is -2.46. The van der Waals surface area contributed by atoms with E-state index in [1.807, 2.05) is 24.3 Å². The molecule has 6 heteroatoms. The monoisotopic (exact) mass is 419 g/mol. The molecular weight excluding hydrogens is 393 g/mol. The highest BCUT2D eigenvalue weighted by molar-refractivity contribution is 6.43. The number of Topliss-reactive ketones (excluding diaryl/α,β-unsaturated/α-hetero) is 1. The van der Waals surface area contributed by atoms with Crippen molar-refractivity contribution in [3.63, 3.8) is 0 Å². The molecule has 1 aromatic carbocycles. The van der Waals surface area contributed by atoms with Gasteiger partial charge in [0.05, 0.1) is 15.7 Å². The number of anilines is 1. The van der Waals surface area contributed by atoms with Crippen LogP contribution in [0.25, 0.3) is 0 Å². The van der Waals surface area contributed by atoms with E-state index in [2.05, 4.69) is 20.6 Å². The van der Waals surface area contributed by atoms with Crippen LogP contribution in [0.1, 0.15) is 41.7 Å². The average Bonchev–Trinajstić information content (AvgIpc) is 3.12. The lowest BCUT2D eigenvalue weighted by Gasteiger charge is -2.36. The molecule has 0 atom stereocenters. The van der Waals surface area contributed by atoms with Gasteiger partial charge in [-0.1, -0.05) is 29.3 Å². The number of halogens is 2. The summed E-state index contributed by atoms with van der Waals surface area (Å²) in [4.78, 5) is 16.8. The molecule has 1 saturated heterocycles.